The number of amides is 1. The summed E-state index contributed by atoms with van der Waals surface area (Å²) < 4.78 is 13.3. The number of aromatic nitrogens is 2. The molecular formula is C13H15N3O2S. The highest BCUT2D eigenvalue weighted by atomic mass is 32.1. The van der Waals surface area contributed by atoms with Crippen LogP contribution in [0.1, 0.15) is 16.1 Å². The van der Waals surface area contributed by atoms with E-state index in [1.54, 1.807) is 11.9 Å². The van der Waals surface area contributed by atoms with Gasteiger partial charge in [-0.15, -0.1) is 0 Å². The molecule has 0 radical (unpaired) electrons. The van der Waals surface area contributed by atoms with E-state index in [1.165, 1.54) is 11.8 Å². The first-order valence-corrected chi connectivity index (χ1v) is 6.62. The summed E-state index contributed by atoms with van der Waals surface area (Å²) in [4.78, 5) is 13.4. The molecule has 1 aromatic heterocycles. The molecule has 0 atom stereocenters. The predicted octanol–water partition coefficient (Wildman–Crippen LogP) is 2.00. The normalized spacial score (nSPS) is 10.2. The van der Waals surface area contributed by atoms with Gasteiger partial charge in [-0.05, 0) is 19.1 Å². The molecule has 0 aliphatic carbocycles. The van der Waals surface area contributed by atoms with Gasteiger partial charge in [0.2, 0.25) is 0 Å². The molecule has 0 fully saturated rings. The minimum Gasteiger partial charge on any atom is -0.492 e. The third-order valence-corrected chi connectivity index (χ3v) is 3.12. The molecule has 1 aromatic carbocycles. The minimum atomic E-state index is -0.138. The smallest absolute Gasteiger partial charge is 0.275 e. The third kappa shape index (κ3) is 3.75. The minimum absolute atomic E-state index is 0.138. The number of ether oxygens (including phenoxy) is 1. The van der Waals surface area contributed by atoms with E-state index in [1.807, 2.05) is 31.2 Å². The fraction of sp³-hybridized carbons (Fsp3) is 0.308. The Labute approximate surface area is 116 Å². The maximum absolute atomic E-state index is 11.9. The van der Waals surface area contributed by atoms with Crippen LogP contribution >= 0.6 is 11.7 Å². The topological polar surface area (TPSA) is 55.3 Å². The second kappa shape index (κ2) is 6.29. The fourth-order valence-electron chi connectivity index (χ4n) is 1.49. The SMILES string of the molecule is Cc1ccc(OCCN(C)C(=O)c2cnsn2)cc1. The lowest BCUT2D eigenvalue weighted by atomic mass is 10.2. The van der Waals surface area contributed by atoms with E-state index in [9.17, 15) is 4.79 Å². The molecule has 0 aliphatic rings. The maximum atomic E-state index is 11.9. The highest BCUT2D eigenvalue weighted by Crippen LogP contribution is 2.11. The molecule has 0 saturated carbocycles. The number of hydrogen-bond donors (Lipinski definition) is 0. The Balaban J connectivity index is 1.79. The van der Waals surface area contributed by atoms with Crippen LogP contribution in [0.25, 0.3) is 0 Å². The summed E-state index contributed by atoms with van der Waals surface area (Å²) in [5.74, 6) is 0.669. The van der Waals surface area contributed by atoms with Gasteiger partial charge in [0.1, 0.15) is 12.4 Å². The average Bonchev–Trinajstić information content (AvgIpc) is 2.94. The summed E-state index contributed by atoms with van der Waals surface area (Å²) >= 11 is 1.03. The Kier molecular flexibility index (Phi) is 4.46. The lowest BCUT2D eigenvalue weighted by molar-refractivity contribution is 0.0769. The van der Waals surface area contributed by atoms with Crippen molar-refractivity contribution in [2.75, 3.05) is 20.2 Å². The van der Waals surface area contributed by atoms with Gasteiger partial charge in [0.15, 0.2) is 5.69 Å². The number of carbonyl (C=O) groups excluding carboxylic acids is 1. The molecule has 2 rings (SSSR count). The van der Waals surface area contributed by atoms with Crippen molar-refractivity contribution in [1.82, 2.24) is 13.6 Å². The summed E-state index contributed by atoms with van der Waals surface area (Å²) in [6.45, 7) is 2.98. The van der Waals surface area contributed by atoms with Crippen molar-refractivity contribution in [2.45, 2.75) is 6.92 Å². The first-order chi connectivity index (χ1) is 9.16. The van der Waals surface area contributed by atoms with Gasteiger partial charge in [-0.3, -0.25) is 4.79 Å². The fourth-order valence-corrected chi connectivity index (χ4v) is 1.90. The Morgan fingerprint density at radius 2 is 2.11 bits per heavy atom. The van der Waals surface area contributed by atoms with Gasteiger partial charge in [-0.1, -0.05) is 17.7 Å². The van der Waals surface area contributed by atoms with Crippen molar-refractivity contribution < 1.29 is 9.53 Å². The number of aryl methyl sites for hydroxylation is 1. The molecule has 0 bridgehead atoms. The van der Waals surface area contributed by atoms with Crippen LogP contribution in [-0.2, 0) is 0 Å². The first-order valence-electron chi connectivity index (χ1n) is 5.89. The maximum Gasteiger partial charge on any atom is 0.275 e. The number of nitrogens with zero attached hydrogens (tertiary/aromatic N) is 3. The number of hydrogen-bond acceptors (Lipinski definition) is 5. The number of likely N-dealkylation sites (N-methyl/N-ethyl adjacent to an activating group) is 1. The van der Waals surface area contributed by atoms with Crippen LogP contribution in [0.5, 0.6) is 5.75 Å². The van der Waals surface area contributed by atoms with Gasteiger partial charge in [0.25, 0.3) is 5.91 Å². The number of benzene rings is 1. The third-order valence-electron chi connectivity index (χ3n) is 2.64. The second-order valence-corrected chi connectivity index (χ2v) is 4.74. The molecule has 0 spiro atoms. The van der Waals surface area contributed by atoms with Gasteiger partial charge in [-0.25, -0.2) is 0 Å². The van der Waals surface area contributed by atoms with Crippen molar-refractivity contribution >= 4 is 17.6 Å². The van der Waals surface area contributed by atoms with Crippen LogP contribution < -0.4 is 4.74 Å². The molecule has 100 valence electrons. The quantitative estimate of drug-likeness (QED) is 0.838. The summed E-state index contributed by atoms with van der Waals surface area (Å²) in [5, 5.41) is 0. The number of rotatable bonds is 5. The summed E-state index contributed by atoms with van der Waals surface area (Å²) in [7, 11) is 1.72. The molecule has 19 heavy (non-hydrogen) atoms. The lowest BCUT2D eigenvalue weighted by Crippen LogP contribution is -2.31. The molecule has 0 unspecified atom stereocenters. The van der Waals surface area contributed by atoms with Gasteiger partial charge in [-0.2, -0.15) is 8.75 Å². The van der Waals surface area contributed by atoms with Crippen LogP contribution in [-0.4, -0.2) is 39.8 Å². The van der Waals surface area contributed by atoms with Crippen LogP contribution in [0.15, 0.2) is 30.5 Å². The molecular weight excluding hydrogens is 262 g/mol. The van der Waals surface area contributed by atoms with Crippen LogP contribution in [0.2, 0.25) is 0 Å². The summed E-state index contributed by atoms with van der Waals surface area (Å²) in [5.41, 5.74) is 1.57. The lowest BCUT2D eigenvalue weighted by Gasteiger charge is -2.16. The summed E-state index contributed by atoms with van der Waals surface area (Å²) in [6, 6.07) is 7.82. The Bertz CT molecular complexity index is 525. The predicted molar refractivity (Wildman–Crippen MR) is 73.5 cm³/mol. The largest absolute Gasteiger partial charge is 0.492 e. The Hall–Kier alpha value is -1.95. The van der Waals surface area contributed by atoms with E-state index in [2.05, 4.69) is 8.75 Å². The molecule has 1 heterocycles. The molecule has 5 nitrogen and oxygen atoms in total. The van der Waals surface area contributed by atoms with Crippen molar-refractivity contribution in [3.8, 4) is 5.75 Å². The van der Waals surface area contributed by atoms with Crippen LogP contribution in [0.4, 0.5) is 0 Å². The van der Waals surface area contributed by atoms with Crippen LogP contribution in [0.3, 0.4) is 0 Å². The highest BCUT2D eigenvalue weighted by molar-refractivity contribution is 6.99. The highest BCUT2D eigenvalue weighted by Gasteiger charge is 2.13. The monoisotopic (exact) mass is 277 g/mol. The average molecular weight is 277 g/mol. The van der Waals surface area contributed by atoms with Crippen molar-refractivity contribution in [2.24, 2.45) is 0 Å². The van der Waals surface area contributed by atoms with Gasteiger partial charge in [0.05, 0.1) is 24.5 Å². The molecule has 0 N–H and O–H groups in total. The Morgan fingerprint density at radius 1 is 1.37 bits per heavy atom. The van der Waals surface area contributed by atoms with Gasteiger partial charge < -0.3 is 9.64 Å². The first kappa shape index (κ1) is 13.5. The van der Waals surface area contributed by atoms with Gasteiger partial charge in [0, 0.05) is 7.05 Å². The van der Waals surface area contributed by atoms with Crippen molar-refractivity contribution in [3.05, 3.63) is 41.7 Å². The van der Waals surface area contributed by atoms with E-state index >= 15 is 0 Å². The van der Waals surface area contributed by atoms with Crippen LogP contribution in [0, 0.1) is 6.92 Å². The van der Waals surface area contributed by atoms with Crippen molar-refractivity contribution in [3.63, 3.8) is 0 Å². The molecule has 1 amide bonds. The standard InChI is InChI=1S/C13H15N3O2S/c1-10-3-5-11(6-4-10)18-8-7-16(2)13(17)12-9-14-19-15-12/h3-6,9H,7-8H2,1-2H3. The molecule has 6 heteroatoms. The molecule has 0 aliphatic heterocycles. The zero-order chi connectivity index (χ0) is 13.7. The van der Waals surface area contributed by atoms with Gasteiger partial charge >= 0.3 is 0 Å². The number of carbonyl (C=O) groups is 1. The molecule has 0 saturated heterocycles. The molecule has 2 aromatic rings. The van der Waals surface area contributed by atoms with E-state index in [0.717, 1.165) is 17.5 Å². The summed E-state index contributed by atoms with van der Waals surface area (Å²) in [6.07, 6.45) is 1.48. The van der Waals surface area contributed by atoms with Crippen molar-refractivity contribution in [1.29, 1.82) is 0 Å². The van der Waals surface area contributed by atoms with E-state index in [-0.39, 0.29) is 5.91 Å². The van der Waals surface area contributed by atoms with E-state index in [0.29, 0.717) is 18.8 Å². The van der Waals surface area contributed by atoms with E-state index < -0.39 is 0 Å². The second-order valence-electron chi connectivity index (χ2n) is 4.18. The Morgan fingerprint density at radius 3 is 2.74 bits per heavy atom. The zero-order valence-electron chi connectivity index (χ0n) is 10.9. The zero-order valence-corrected chi connectivity index (χ0v) is 11.7. The van der Waals surface area contributed by atoms with E-state index in [4.69, 9.17) is 4.74 Å².